The van der Waals surface area contributed by atoms with Crippen molar-refractivity contribution in [1.29, 1.82) is 0 Å². The van der Waals surface area contributed by atoms with Crippen LogP contribution in [0, 0.1) is 0 Å². The lowest BCUT2D eigenvalue weighted by Crippen LogP contribution is -2.19. The highest BCUT2D eigenvalue weighted by molar-refractivity contribution is 7.94. The van der Waals surface area contributed by atoms with Gasteiger partial charge < -0.3 is 14.2 Å². The van der Waals surface area contributed by atoms with E-state index in [1.807, 2.05) is 0 Å². The molecule has 0 bridgehead atoms. The van der Waals surface area contributed by atoms with Gasteiger partial charge >= 0.3 is 0 Å². The molecular weight excluding hydrogens is 466 g/mol. The van der Waals surface area contributed by atoms with Crippen molar-refractivity contribution in [3.8, 4) is 17.2 Å². The van der Waals surface area contributed by atoms with Crippen LogP contribution in [0.25, 0.3) is 0 Å². The Balaban J connectivity index is 1.71. The summed E-state index contributed by atoms with van der Waals surface area (Å²) in [6, 6.07) is 12.7. The molecule has 9 nitrogen and oxygen atoms in total. The Morgan fingerprint density at radius 3 is 2.09 bits per heavy atom. The molecule has 1 heterocycles. The number of sulfonamides is 1. The summed E-state index contributed by atoms with van der Waals surface area (Å²) in [4.78, 5) is 12.5. The number of thiophene rings is 1. The molecular formula is C22H23N3O6S2. The highest BCUT2D eigenvalue weighted by Crippen LogP contribution is 2.38. The monoisotopic (exact) mass is 489 g/mol. The van der Waals surface area contributed by atoms with E-state index in [4.69, 9.17) is 14.2 Å². The molecule has 1 aromatic heterocycles. The van der Waals surface area contributed by atoms with Crippen LogP contribution in [0.5, 0.6) is 17.2 Å². The number of hydrogen-bond acceptors (Lipinski definition) is 8. The van der Waals surface area contributed by atoms with Crippen molar-refractivity contribution in [1.82, 2.24) is 5.43 Å². The number of rotatable bonds is 9. The Morgan fingerprint density at radius 2 is 1.58 bits per heavy atom. The van der Waals surface area contributed by atoms with Crippen LogP contribution in [0.4, 0.5) is 5.69 Å². The van der Waals surface area contributed by atoms with Gasteiger partial charge in [-0.25, -0.2) is 13.8 Å². The van der Waals surface area contributed by atoms with Gasteiger partial charge in [-0.3, -0.25) is 9.52 Å². The van der Waals surface area contributed by atoms with Crippen LogP contribution in [0.2, 0.25) is 0 Å². The Morgan fingerprint density at radius 1 is 0.939 bits per heavy atom. The fourth-order valence-corrected chi connectivity index (χ4v) is 4.92. The van der Waals surface area contributed by atoms with Crippen molar-refractivity contribution in [3.63, 3.8) is 0 Å². The normalized spacial score (nSPS) is 11.6. The van der Waals surface area contributed by atoms with Gasteiger partial charge in [-0.2, -0.15) is 5.10 Å². The van der Waals surface area contributed by atoms with Crippen LogP contribution in [0.15, 0.2) is 63.2 Å². The number of carbonyl (C=O) groups is 1. The first-order valence-electron chi connectivity index (χ1n) is 9.60. The predicted octanol–water partition coefficient (Wildman–Crippen LogP) is 3.73. The predicted molar refractivity (Wildman–Crippen MR) is 127 cm³/mol. The van der Waals surface area contributed by atoms with Crippen LogP contribution in [0.3, 0.4) is 0 Å². The molecule has 0 unspecified atom stereocenters. The number of anilines is 1. The minimum Gasteiger partial charge on any atom is -0.493 e. The van der Waals surface area contributed by atoms with Gasteiger partial charge in [-0.15, -0.1) is 11.3 Å². The number of amides is 1. The van der Waals surface area contributed by atoms with E-state index in [-0.39, 0.29) is 4.21 Å². The summed E-state index contributed by atoms with van der Waals surface area (Å²) in [5.74, 6) is 0.937. The third-order valence-corrected chi connectivity index (χ3v) is 7.35. The lowest BCUT2D eigenvalue weighted by atomic mass is 10.1. The van der Waals surface area contributed by atoms with Gasteiger partial charge in [0, 0.05) is 16.8 Å². The Labute approximate surface area is 196 Å². The summed E-state index contributed by atoms with van der Waals surface area (Å²) in [6.07, 6.45) is 0. The van der Waals surface area contributed by atoms with Crippen molar-refractivity contribution in [2.24, 2.45) is 5.10 Å². The van der Waals surface area contributed by atoms with Gasteiger partial charge in [0.15, 0.2) is 11.5 Å². The quantitative estimate of drug-likeness (QED) is 0.350. The SMILES string of the molecule is COc1cc(/C(C)=N\NC(=O)c2ccc(NS(=O)(=O)c3cccs3)cc2)cc(OC)c1OC. The molecule has 11 heteroatoms. The third kappa shape index (κ3) is 5.62. The summed E-state index contributed by atoms with van der Waals surface area (Å²) in [6.45, 7) is 1.73. The van der Waals surface area contributed by atoms with Gasteiger partial charge in [0.2, 0.25) is 5.75 Å². The van der Waals surface area contributed by atoms with Crippen molar-refractivity contribution in [3.05, 3.63) is 65.0 Å². The van der Waals surface area contributed by atoms with E-state index in [1.54, 1.807) is 30.5 Å². The molecule has 2 N–H and O–H groups in total. The third-order valence-electron chi connectivity index (χ3n) is 4.57. The van der Waals surface area contributed by atoms with E-state index >= 15 is 0 Å². The molecule has 0 saturated heterocycles. The molecule has 0 saturated carbocycles. The number of hydrazone groups is 1. The first-order chi connectivity index (χ1) is 15.8. The number of nitrogens with zero attached hydrogens (tertiary/aromatic N) is 1. The molecule has 0 spiro atoms. The minimum atomic E-state index is -3.66. The van der Waals surface area contributed by atoms with Gasteiger partial charge in [0.05, 0.1) is 27.0 Å². The first-order valence-corrected chi connectivity index (χ1v) is 12.0. The Kier molecular flexibility index (Phi) is 7.56. The lowest BCUT2D eigenvalue weighted by molar-refractivity contribution is 0.0955. The standard InChI is InChI=1S/C22H23N3O6S2/c1-14(16-12-18(29-2)21(31-4)19(13-16)30-3)23-24-22(26)15-7-9-17(10-8-15)25-33(27,28)20-6-5-11-32-20/h5-13,25H,1-4H3,(H,24,26)/b23-14-. The van der Waals surface area contributed by atoms with Gasteiger partial charge in [-0.1, -0.05) is 6.07 Å². The zero-order chi connectivity index (χ0) is 24.0. The van der Waals surface area contributed by atoms with E-state index in [2.05, 4.69) is 15.2 Å². The molecule has 0 atom stereocenters. The van der Waals surface area contributed by atoms with Crippen LogP contribution >= 0.6 is 11.3 Å². The molecule has 33 heavy (non-hydrogen) atoms. The Bertz CT molecular complexity index is 1230. The summed E-state index contributed by atoms with van der Waals surface area (Å²) >= 11 is 1.12. The number of hydrogen-bond donors (Lipinski definition) is 2. The first kappa shape index (κ1) is 24.1. The van der Waals surface area contributed by atoms with Crippen molar-refractivity contribution in [2.45, 2.75) is 11.1 Å². The molecule has 0 aliphatic carbocycles. The molecule has 1 amide bonds. The lowest BCUT2D eigenvalue weighted by Gasteiger charge is -2.14. The Hall–Kier alpha value is -3.57. The van der Waals surface area contributed by atoms with Crippen LogP contribution in [-0.4, -0.2) is 41.4 Å². The van der Waals surface area contributed by atoms with Crippen LogP contribution in [-0.2, 0) is 10.0 Å². The number of ether oxygens (including phenoxy) is 3. The summed E-state index contributed by atoms with van der Waals surface area (Å²) < 4.78 is 43.3. The van der Waals surface area contributed by atoms with E-state index in [1.165, 1.54) is 51.7 Å². The maximum Gasteiger partial charge on any atom is 0.271 e. The summed E-state index contributed by atoms with van der Waals surface area (Å²) in [5, 5.41) is 5.83. The highest BCUT2D eigenvalue weighted by Gasteiger charge is 2.16. The van der Waals surface area contributed by atoms with Gasteiger partial charge in [0.25, 0.3) is 15.9 Å². The molecule has 0 aliphatic rings. The van der Waals surface area contributed by atoms with Crippen molar-refractivity contribution >= 4 is 38.7 Å². The molecule has 2 aromatic carbocycles. The van der Waals surface area contributed by atoms with Gasteiger partial charge in [-0.05, 0) is 54.8 Å². The molecule has 0 fully saturated rings. The number of nitrogens with one attached hydrogen (secondary N) is 2. The molecule has 3 rings (SSSR count). The average molecular weight is 490 g/mol. The fourth-order valence-electron chi connectivity index (χ4n) is 2.87. The van der Waals surface area contributed by atoms with Crippen LogP contribution in [0.1, 0.15) is 22.8 Å². The van der Waals surface area contributed by atoms with Crippen molar-refractivity contribution < 1.29 is 27.4 Å². The minimum absolute atomic E-state index is 0.209. The summed E-state index contributed by atoms with van der Waals surface area (Å²) in [7, 11) is 0.885. The molecule has 174 valence electrons. The van der Waals surface area contributed by atoms with Gasteiger partial charge in [0.1, 0.15) is 4.21 Å². The second-order valence-electron chi connectivity index (χ2n) is 6.67. The van der Waals surface area contributed by atoms with Crippen molar-refractivity contribution in [2.75, 3.05) is 26.1 Å². The number of methoxy groups -OCH3 is 3. The number of carbonyl (C=O) groups excluding carboxylic acids is 1. The largest absolute Gasteiger partial charge is 0.493 e. The van der Waals surface area contributed by atoms with E-state index in [0.29, 0.717) is 39.8 Å². The molecule has 0 aliphatic heterocycles. The average Bonchev–Trinajstić information content (AvgIpc) is 3.37. The molecule has 3 aromatic rings. The molecule has 0 radical (unpaired) electrons. The number of benzene rings is 2. The fraction of sp³-hybridized carbons (Fsp3) is 0.182. The summed E-state index contributed by atoms with van der Waals surface area (Å²) in [5.41, 5.74) is 4.34. The second kappa shape index (κ2) is 10.4. The maximum atomic E-state index is 12.5. The zero-order valence-corrected chi connectivity index (χ0v) is 20.0. The topological polar surface area (TPSA) is 115 Å². The van der Waals surface area contributed by atoms with E-state index < -0.39 is 15.9 Å². The highest BCUT2D eigenvalue weighted by atomic mass is 32.2. The van der Waals surface area contributed by atoms with E-state index in [9.17, 15) is 13.2 Å². The van der Waals surface area contributed by atoms with E-state index in [0.717, 1.165) is 11.3 Å². The zero-order valence-electron chi connectivity index (χ0n) is 18.4. The smallest absolute Gasteiger partial charge is 0.271 e. The second-order valence-corrected chi connectivity index (χ2v) is 9.52. The maximum absolute atomic E-state index is 12.5. The van der Waals surface area contributed by atoms with Crippen LogP contribution < -0.4 is 24.4 Å².